The van der Waals surface area contributed by atoms with E-state index >= 15 is 0 Å². The molecule has 0 aromatic heterocycles. The molecule has 1 aliphatic rings. The summed E-state index contributed by atoms with van der Waals surface area (Å²) in [7, 11) is -5.08. The third kappa shape index (κ3) is 42.7. The van der Waals surface area contributed by atoms with Crippen LogP contribution in [0, 0.1) is 0 Å². The molecule has 422 valence electrons. The van der Waals surface area contributed by atoms with Crippen LogP contribution in [-0.2, 0) is 38.3 Å². The van der Waals surface area contributed by atoms with Crippen LogP contribution >= 0.6 is 0 Å². The molecule has 0 amide bonds. The first-order chi connectivity index (χ1) is 36.1. The van der Waals surface area contributed by atoms with Crippen molar-refractivity contribution < 1.29 is 56.2 Å². The summed E-state index contributed by atoms with van der Waals surface area (Å²) in [4.78, 5) is 12.9. The van der Waals surface area contributed by atoms with Crippen molar-refractivity contribution in [1.82, 2.24) is 0 Å². The maximum atomic E-state index is 12.9. The molecule has 0 saturated carbocycles. The number of hydrogen-bond acceptors (Lipinski definition) is 11. The van der Waals surface area contributed by atoms with Gasteiger partial charge in [0.25, 0.3) is 0 Å². The minimum atomic E-state index is -5.08. The highest BCUT2D eigenvalue weighted by Crippen LogP contribution is 2.26. The molecular weight excluding hydrogens is 957 g/mol. The van der Waals surface area contributed by atoms with E-state index in [1.54, 1.807) is 0 Å². The fourth-order valence-electron chi connectivity index (χ4n) is 7.84. The van der Waals surface area contributed by atoms with Crippen molar-refractivity contribution in [3.05, 3.63) is 122 Å². The van der Waals surface area contributed by atoms with Crippen LogP contribution in [0.4, 0.5) is 0 Å². The molecule has 1 aliphatic heterocycles. The average molecular weight is 1060 g/mol. The number of ether oxygens (including phenoxy) is 4. The van der Waals surface area contributed by atoms with Crippen molar-refractivity contribution in [2.45, 2.75) is 230 Å². The van der Waals surface area contributed by atoms with Crippen LogP contribution in [0.1, 0.15) is 194 Å². The highest BCUT2D eigenvalue weighted by Gasteiger charge is 2.48. The summed E-state index contributed by atoms with van der Waals surface area (Å²) < 4.78 is 59.4. The average Bonchev–Trinajstić information content (AvgIpc) is 3.38. The SMILES string of the molecule is CC/C=C\C/C=C\C/C=C\C/C=C\C/C=C\C/C=C\C/C=C\CCCCCC(=O)OC(COCCCCCCCCC/C=C\C/C=C\C/C=C\CCCCCCC)COC1OC(CO)C(O)C(OS(=O)(=O)O)C1O. The second kappa shape index (κ2) is 50.3. The van der Waals surface area contributed by atoms with E-state index in [1.807, 2.05) is 0 Å². The molecule has 0 bridgehead atoms. The van der Waals surface area contributed by atoms with Gasteiger partial charge in [0, 0.05) is 13.0 Å². The Bertz CT molecular complexity index is 1740. The molecule has 0 radical (unpaired) electrons. The molecule has 12 nitrogen and oxygen atoms in total. The molecule has 0 aliphatic carbocycles. The zero-order valence-corrected chi connectivity index (χ0v) is 46.4. The van der Waals surface area contributed by atoms with Crippen LogP contribution in [0.5, 0.6) is 0 Å². The molecule has 1 heterocycles. The van der Waals surface area contributed by atoms with Gasteiger partial charge in [-0.15, -0.1) is 0 Å². The first-order valence-corrected chi connectivity index (χ1v) is 29.7. The smallest absolute Gasteiger partial charge is 0.397 e. The van der Waals surface area contributed by atoms with Crippen LogP contribution in [0.2, 0.25) is 0 Å². The van der Waals surface area contributed by atoms with Gasteiger partial charge in [0.15, 0.2) is 6.29 Å². The lowest BCUT2D eigenvalue weighted by Gasteiger charge is -2.41. The lowest BCUT2D eigenvalue weighted by molar-refractivity contribution is -0.301. The number of aliphatic hydroxyl groups excluding tert-OH is 3. The first kappa shape index (κ1) is 68.5. The van der Waals surface area contributed by atoms with E-state index in [4.69, 9.17) is 18.9 Å². The summed E-state index contributed by atoms with van der Waals surface area (Å²) in [6.45, 7) is 3.79. The summed E-state index contributed by atoms with van der Waals surface area (Å²) in [5.41, 5.74) is 0. The largest absolute Gasteiger partial charge is 0.457 e. The number of carbonyl (C=O) groups excluding carboxylic acids is 1. The number of carbonyl (C=O) groups is 1. The van der Waals surface area contributed by atoms with E-state index in [0.717, 1.165) is 109 Å². The molecule has 1 saturated heterocycles. The molecular formula is C61H100O12S. The Morgan fingerprint density at radius 2 is 0.932 bits per heavy atom. The third-order valence-corrected chi connectivity index (χ3v) is 12.5. The van der Waals surface area contributed by atoms with Gasteiger partial charge in [0.2, 0.25) is 0 Å². The Kier molecular flexibility index (Phi) is 46.6. The summed E-state index contributed by atoms with van der Waals surface area (Å²) >= 11 is 0. The van der Waals surface area contributed by atoms with E-state index in [1.165, 1.54) is 57.8 Å². The van der Waals surface area contributed by atoms with Crippen LogP contribution in [0.25, 0.3) is 0 Å². The molecule has 0 spiro atoms. The van der Waals surface area contributed by atoms with Crippen molar-refractivity contribution in [2.24, 2.45) is 0 Å². The standard InChI is InChI=1S/C61H100O12S/c1-3-5-7-9-11-13-15-17-19-21-23-25-27-28-29-30-32-34-36-38-40-42-44-46-48-50-57(63)71-55(54-70-61-59(65)60(73-74(66,67)68)58(64)56(52-62)72-61)53-69-51-49-47-45-43-41-39-37-35-33-31-26-24-22-20-18-16-14-12-10-8-6-4-2/h5,7,11,13,16-19,22-25,28-29,31-34,38,40,55-56,58-62,64-65H,3-4,6,8-10,12,14-15,20-21,26-27,30,35-37,39,41-54H2,1-2H3,(H,66,67,68)/b7-5-,13-11-,18-16-,19-17-,24-22-,25-23-,29-28-,33-31-,34-32-,40-38-. The van der Waals surface area contributed by atoms with Crippen LogP contribution < -0.4 is 0 Å². The summed E-state index contributed by atoms with van der Waals surface area (Å²) in [6, 6.07) is 0. The third-order valence-electron chi connectivity index (χ3n) is 12.1. The maximum Gasteiger partial charge on any atom is 0.397 e. The van der Waals surface area contributed by atoms with E-state index in [0.29, 0.717) is 13.0 Å². The van der Waals surface area contributed by atoms with E-state index in [-0.39, 0.29) is 19.6 Å². The maximum absolute atomic E-state index is 12.9. The number of aliphatic hydroxyl groups is 3. The van der Waals surface area contributed by atoms with Crippen LogP contribution in [-0.4, -0.2) is 97.5 Å². The molecule has 1 rings (SSSR count). The lowest BCUT2D eigenvalue weighted by atomic mass is 9.99. The van der Waals surface area contributed by atoms with Gasteiger partial charge in [-0.2, -0.15) is 8.42 Å². The van der Waals surface area contributed by atoms with Crippen molar-refractivity contribution in [3.8, 4) is 0 Å². The number of esters is 1. The predicted molar refractivity (Wildman–Crippen MR) is 303 cm³/mol. The van der Waals surface area contributed by atoms with Gasteiger partial charge in [-0.1, -0.05) is 200 Å². The summed E-state index contributed by atoms with van der Waals surface area (Å²) in [6.07, 6.45) is 63.7. The molecule has 74 heavy (non-hydrogen) atoms. The second-order valence-corrected chi connectivity index (χ2v) is 19.8. The van der Waals surface area contributed by atoms with E-state index in [2.05, 4.69) is 140 Å². The quantitative estimate of drug-likeness (QED) is 0.0196. The zero-order valence-electron chi connectivity index (χ0n) is 45.6. The molecule has 1 fully saturated rings. The van der Waals surface area contributed by atoms with Crippen molar-refractivity contribution >= 4 is 16.4 Å². The van der Waals surface area contributed by atoms with Gasteiger partial charge < -0.3 is 34.3 Å². The number of allylic oxidation sites excluding steroid dienone is 20. The zero-order chi connectivity index (χ0) is 53.8. The molecule has 0 aromatic rings. The van der Waals surface area contributed by atoms with Gasteiger partial charge in [0.05, 0.1) is 19.8 Å². The van der Waals surface area contributed by atoms with Crippen molar-refractivity contribution in [3.63, 3.8) is 0 Å². The molecule has 0 aromatic carbocycles. The normalized spacial score (nSPS) is 19.7. The fraction of sp³-hybridized carbons (Fsp3) is 0.656. The summed E-state index contributed by atoms with van der Waals surface area (Å²) in [5, 5.41) is 30.8. The van der Waals surface area contributed by atoms with Gasteiger partial charge in [-0.25, -0.2) is 4.18 Å². The highest BCUT2D eigenvalue weighted by atomic mass is 32.3. The molecule has 6 atom stereocenters. The lowest BCUT2D eigenvalue weighted by Crippen LogP contribution is -2.60. The number of hydrogen-bond donors (Lipinski definition) is 4. The highest BCUT2D eigenvalue weighted by molar-refractivity contribution is 7.80. The topological polar surface area (TPSA) is 178 Å². The first-order valence-electron chi connectivity index (χ1n) is 28.3. The molecule has 4 N–H and O–H groups in total. The Hall–Kier alpha value is -3.50. The molecule has 13 heteroatoms. The Morgan fingerprint density at radius 3 is 1.36 bits per heavy atom. The van der Waals surface area contributed by atoms with Gasteiger partial charge in [-0.05, 0) is 109 Å². The summed E-state index contributed by atoms with van der Waals surface area (Å²) in [5.74, 6) is -0.439. The minimum Gasteiger partial charge on any atom is -0.457 e. The van der Waals surface area contributed by atoms with E-state index < -0.39 is 59.8 Å². The van der Waals surface area contributed by atoms with Crippen LogP contribution in [0.15, 0.2) is 122 Å². The Morgan fingerprint density at radius 1 is 0.527 bits per heavy atom. The number of rotatable bonds is 48. The second-order valence-electron chi connectivity index (χ2n) is 18.8. The Balaban J connectivity index is 2.38. The van der Waals surface area contributed by atoms with Gasteiger partial charge in [-0.3, -0.25) is 9.35 Å². The molecule has 6 unspecified atom stereocenters. The predicted octanol–water partition coefficient (Wildman–Crippen LogP) is 14.1. The Labute approximate surface area is 449 Å². The van der Waals surface area contributed by atoms with E-state index in [9.17, 15) is 33.1 Å². The minimum absolute atomic E-state index is 0.00667. The van der Waals surface area contributed by atoms with Gasteiger partial charge in [0.1, 0.15) is 30.5 Å². The van der Waals surface area contributed by atoms with Crippen molar-refractivity contribution in [1.29, 1.82) is 0 Å². The van der Waals surface area contributed by atoms with Crippen molar-refractivity contribution in [2.75, 3.05) is 26.4 Å². The van der Waals surface area contributed by atoms with Gasteiger partial charge >= 0.3 is 16.4 Å². The fourth-order valence-corrected chi connectivity index (χ4v) is 8.34. The number of unbranched alkanes of at least 4 members (excludes halogenated alkanes) is 15. The monoisotopic (exact) mass is 1060 g/mol. The van der Waals surface area contributed by atoms with Crippen LogP contribution in [0.3, 0.4) is 0 Å².